The molecule has 1 amide bonds. The van der Waals surface area contributed by atoms with Gasteiger partial charge in [-0.05, 0) is 49.7 Å². The average molecular weight is 344 g/mol. The van der Waals surface area contributed by atoms with Gasteiger partial charge in [-0.2, -0.15) is 0 Å². The van der Waals surface area contributed by atoms with Crippen LogP contribution in [0.15, 0.2) is 65.2 Å². The third-order valence-corrected chi connectivity index (χ3v) is 4.17. The van der Waals surface area contributed by atoms with Crippen molar-refractivity contribution < 1.29 is 14.2 Å². The van der Waals surface area contributed by atoms with E-state index in [-0.39, 0.29) is 5.91 Å². The summed E-state index contributed by atoms with van der Waals surface area (Å²) in [5.41, 5.74) is 3.02. The largest absolute Gasteiger partial charge is 0.460 e. The van der Waals surface area contributed by atoms with Crippen LogP contribution in [0.1, 0.15) is 21.7 Å². The van der Waals surface area contributed by atoms with Crippen LogP contribution in [0, 0.1) is 13.8 Å². The number of furan rings is 1. The molecule has 2 N–H and O–H groups in total. The molecule has 5 heteroatoms. The lowest BCUT2D eigenvalue weighted by Gasteiger charge is -2.06. The fraction of sp³-hybridized carbons (Fsp3) is 0.0952. The molecule has 0 spiro atoms. The molecule has 0 aliphatic carbocycles. The molecule has 3 heterocycles. The molecule has 0 unspecified atom stereocenters. The summed E-state index contributed by atoms with van der Waals surface area (Å²) in [6.07, 6.45) is 1.84. The summed E-state index contributed by atoms with van der Waals surface area (Å²) in [6.45, 7) is 3.86. The van der Waals surface area contributed by atoms with Crippen molar-refractivity contribution in [3.8, 4) is 11.5 Å². The molecule has 0 atom stereocenters. The van der Waals surface area contributed by atoms with E-state index in [0.717, 1.165) is 22.2 Å². The third kappa shape index (κ3) is 3.07. The molecule has 26 heavy (non-hydrogen) atoms. The van der Waals surface area contributed by atoms with Crippen molar-refractivity contribution in [1.29, 1.82) is 0 Å². The van der Waals surface area contributed by atoms with Gasteiger partial charge in [-0.1, -0.05) is 18.2 Å². The highest BCUT2D eigenvalue weighted by atomic mass is 16.3. The summed E-state index contributed by atoms with van der Waals surface area (Å²) < 4.78 is 5.68. The number of aromatic nitrogens is 2. The van der Waals surface area contributed by atoms with Crippen LogP contribution in [0.25, 0.3) is 22.4 Å². The van der Waals surface area contributed by atoms with E-state index in [1.54, 1.807) is 6.07 Å². The number of H-pyrrole nitrogens is 1. The fourth-order valence-electron chi connectivity index (χ4n) is 2.83. The monoisotopic (exact) mass is 344 g/mol. The number of aryl methyl sites for hydroxylation is 2. The molecule has 0 aliphatic heterocycles. The Balaban J connectivity index is 1.79. The van der Waals surface area contributed by atoms with Crippen LogP contribution in [0.2, 0.25) is 0 Å². The molecule has 1 aromatic carbocycles. The Morgan fingerprint density at radius 1 is 1.08 bits per heavy atom. The summed E-state index contributed by atoms with van der Waals surface area (Å²) in [5, 5.41) is 3.70. The zero-order valence-electron chi connectivity index (χ0n) is 14.5. The van der Waals surface area contributed by atoms with Crippen LogP contribution in [0.4, 0.5) is 5.82 Å². The maximum Gasteiger partial charge on any atom is 0.339 e. The first kappa shape index (κ1) is 16.0. The molecule has 0 aliphatic rings. The van der Waals surface area contributed by atoms with Crippen molar-refractivity contribution in [3.05, 3.63) is 77.7 Å². The lowest BCUT2D eigenvalue weighted by molar-refractivity contribution is -0.361. The molecule has 0 bridgehead atoms. The van der Waals surface area contributed by atoms with Crippen LogP contribution in [0.3, 0.4) is 0 Å². The zero-order valence-corrected chi connectivity index (χ0v) is 14.5. The predicted molar refractivity (Wildman–Crippen MR) is 99.9 cm³/mol. The lowest BCUT2D eigenvalue weighted by atomic mass is 10.1. The Labute approximate surface area is 150 Å². The quantitative estimate of drug-likeness (QED) is 0.606. The van der Waals surface area contributed by atoms with E-state index in [9.17, 15) is 4.79 Å². The van der Waals surface area contributed by atoms with Crippen molar-refractivity contribution in [1.82, 2.24) is 4.98 Å². The van der Waals surface area contributed by atoms with E-state index in [1.165, 1.54) is 0 Å². The summed E-state index contributed by atoms with van der Waals surface area (Å²) in [7, 11) is 0. The van der Waals surface area contributed by atoms with Gasteiger partial charge in [0.25, 0.3) is 5.82 Å². The van der Waals surface area contributed by atoms with Gasteiger partial charge in [0.05, 0.1) is 17.3 Å². The van der Waals surface area contributed by atoms with Gasteiger partial charge in [-0.3, -0.25) is 0 Å². The highest BCUT2D eigenvalue weighted by Crippen LogP contribution is 2.26. The molecule has 0 saturated carbocycles. The first-order chi connectivity index (χ1) is 12.6. The van der Waals surface area contributed by atoms with Crippen LogP contribution in [-0.4, -0.2) is 10.9 Å². The second kappa shape index (κ2) is 6.44. The van der Waals surface area contributed by atoms with Gasteiger partial charge in [-0.25, -0.2) is 20.1 Å². The number of carbonyl (C=O) groups is 1. The average Bonchev–Trinajstić information content (AvgIpc) is 3.09. The van der Waals surface area contributed by atoms with Gasteiger partial charge < -0.3 is 4.42 Å². The van der Waals surface area contributed by atoms with Gasteiger partial charge in [0.2, 0.25) is 0 Å². The first-order valence-corrected chi connectivity index (χ1v) is 8.36. The molecule has 5 nitrogen and oxygen atoms in total. The molecule has 4 aromatic rings. The van der Waals surface area contributed by atoms with Gasteiger partial charge in [0, 0.05) is 11.5 Å². The normalized spacial score (nSPS) is 10.8. The SMILES string of the molecule is Cc1ccc(NC(=O)c2cc(-c3ccc(C)o3)nc3ccccc23)[nH+]c1. The van der Waals surface area contributed by atoms with E-state index < -0.39 is 0 Å². The van der Waals surface area contributed by atoms with Crippen molar-refractivity contribution >= 4 is 22.6 Å². The number of hydrogen-bond donors (Lipinski definition) is 1. The van der Waals surface area contributed by atoms with Crippen molar-refractivity contribution in [2.45, 2.75) is 13.8 Å². The highest BCUT2D eigenvalue weighted by Gasteiger charge is 2.19. The Morgan fingerprint density at radius 2 is 1.92 bits per heavy atom. The number of anilines is 1. The number of amides is 1. The van der Waals surface area contributed by atoms with E-state index in [4.69, 9.17) is 4.42 Å². The number of nitrogens with one attached hydrogen (secondary N) is 2. The van der Waals surface area contributed by atoms with Crippen molar-refractivity contribution in [3.63, 3.8) is 0 Å². The Bertz CT molecular complexity index is 1100. The van der Waals surface area contributed by atoms with E-state index >= 15 is 0 Å². The maximum absolute atomic E-state index is 12.9. The molecule has 4 rings (SSSR count). The Kier molecular flexibility index (Phi) is 3.97. The topological polar surface area (TPSA) is 69.3 Å². The minimum absolute atomic E-state index is 0.201. The van der Waals surface area contributed by atoms with E-state index in [2.05, 4.69) is 15.3 Å². The maximum atomic E-state index is 12.9. The van der Waals surface area contributed by atoms with Crippen LogP contribution in [-0.2, 0) is 0 Å². The number of fused-ring (bicyclic) bond motifs is 1. The summed E-state index contributed by atoms with van der Waals surface area (Å²) >= 11 is 0. The fourth-order valence-corrected chi connectivity index (χ4v) is 2.83. The minimum Gasteiger partial charge on any atom is -0.460 e. The standard InChI is InChI=1S/C21H17N3O2/c1-13-7-10-20(22-12-13)24-21(25)16-11-18(19-9-8-14(2)26-19)23-17-6-4-3-5-15(16)17/h3-12H,1-2H3,(H,22,24,25)/p+1. The first-order valence-electron chi connectivity index (χ1n) is 8.36. The summed E-state index contributed by atoms with van der Waals surface area (Å²) in [5.74, 6) is 1.88. The summed E-state index contributed by atoms with van der Waals surface area (Å²) in [6, 6.07) is 16.9. The molecular weight excluding hydrogens is 326 g/mol. The van der Waals surface area contributed by atoms with Gasteiger partial charge in [0.1, 0.15) is 11.5 Å². The number of rotatable bonds is 3. The van der Waals surface area contributed by atoms with Gasteiger partial charge >= 0.3 is 5.91 Å². The smallest absolute Gasteiger partial charge is 0.339 e. The lowest BCUT2D eigenvalue weighted by Crippen LogP contribution is -2.19. The molecule has 0 saturated heterocycles. The third-order valence-electron chi connectivity index (χ3n) is 4.17. The van der Waals surface area contributed by atoms with Gasteiger partial charge in [-0.15, -0.1) is 0 Å². The number of benzene rings is 1. The number of carbonyl (C=O) groups excluding carboxylic acids is 1. The van der Waals surface area contributed by atoms with Crippen LogP contribution >= 0.6 is 0 Å². The molecule has 0 fully saturated rings. The highest BCUT2D eigenvalue weighted by molar-refractivity contribution is 6.12. The van der Waals surface area contributed by atoms with Crippen molar-refractivity contribution in [2.24, 2.45) is 0 Å². The van der Waals surface area contributed by atoms with Crippen LogP contribution < -0.4 is 10.3 Å². The number of nitrogens with zero attached hydrogens (tertiary/aromatic N) is 1. The van der Waals surface area contributed by atoms with Crippen molar-refractivity contribution in [2.75, 3.05) is 5.32 Å². The number of para-hydroxylation sites is 1. The molecule has 3 aromatic heterocycles. The Morgan fingerprint density at radius 3 is 2.65 bits per heavy atom. The number of pyridine rings is 2. The minimum atomic E-state index is -0.201. The Hall–Kier alpha value is -3.47. The summed E-state index contributed by atoms with van der Waals surface area (Å²) in [4.78, 5) is 20.6. The zero-order chi connectivity index (χ0) is 18.1. The predicted octanol–water partition coefficient (Wildman–Crippen LogP) is 4.18. The molecular formula is C21H18N3O2+. The molecule has 128 valence electrons. The molecule has 0 radical (unpaired) electrons. The van der Waals surface area contributed by atoms with Gasteiger partial charge in [0.15, 0.2) is 5.76 Å². The number of aromatic amines is 1. The second-order valence-corrected chi connectivity index (χ2v) is 6.22. The van der Waals surface area contributed by atoms with E-state index in [1.807, 2.05) is 68.6 Å². The number of hydrogen-bond acceptors (Lipinski definition) is 3. The van der Waals surface area contributed by atoms with Crippen LogP contribution in [0.5, 0.6) is 0 Å². The van der Waals surface area contributed by atoms with E-state index in [0.29, 0.717) is 22.8 Å². The second-order valence-electron chi connectivity index (χ2n) is 6.22.